The predicted molar refractivity (Wildman–Crippen MR) is 68.2 cm³/mol. The number of nitrogens with two attached hydrogens (primary N) is 1. The lowest BCUT2D eigenvalue weighted by molar-refractivity contribution is 0.145. The molecule has 2 N–H and O–H groups in total. The molecule has 0 bridgehead atoms. The molecule has 0 spiro atoms. The van der Waals surface area contributed by atoms with Crippen LogP contribution in [0.25, 0.3) is 0 Å². The van der Waals surface area contributed by atoms with Gasteiger partial charge < -0.3 is 10.5 Å². The number of nitriles is 1. The average molecular weight is 251 g/mol. The Kier molecular flexibility index (Phi) is 6.12. The maximum atomic E-state index is 13.3. The van der Waals surface area contributed by atoms with Gasteiger partial charge in [0.15, 0.2) is 0 Å². The standard InChI is InChI=1S/C13H18FN3O/c1-18-8-7-17(6-2-5-15)10-11-3-4-13(16)12(14)9-11/h3-4,9H,2,6-8,10,16H2,1H3. The van der Waals surface area contributed by atoms with E-state index in [0.717, 1.165) is 5.56 Å². The van der Waals surface area contributed by atoms with E-state index in [2.05, 4.69) is 11.0 Å². The molecular weight excluding hydrogens is 233 g/mol. The molecule has 0 aromatic heterocycles. The molecule has 0 unspecified atom stereocenters. The summed E-state index contributed by atoms with van der Waals surface area (Å²) in [6.45, 7) is 2.53. The molecule has 0 aliphatic heterocycles. The van der Waals surface area contributed by atoms with Gasteiger partial charge in [-0.1, -0.05) is 6.07 Å². The summed E-state index contributed by atoms with van der Waals surface area (Å²) >= 11 is 0. The first kappa shape index (κ1) is 14.4. The fraction of sp³-hybridized carbons (Fsp3) is 0.462. The van der Waals surface area contributed by atoms with Crippen LogP contribution in [0.5, 0.6) is 0 Å². The van der Waals surface area contributed by atoms with Gasteiger partial charge in [-0.15, -0.1) is 0 Å². The van der Waals surface area contributed by atoms with Crippen molar-refractivity contribution in [3.63, 3.8) is 0 Å². The van der Waals surface area contributed by atoms with Crippen molar-refractivity contribution in [2.75, 3.05) is 32.5 Å². The first-order valence-electron chi connectivity index (χ1n) is 5.79. The zero-order valence-corrected chi connectivity index (χ0v) is 10.5. The molecule has 0 fully saturated rings. The molecule has 0 saturated heterocycles. The Balaban J connectivity index is 2.63. The summed E-state index contributed by atoms with van der Waals surface area (Å²) in [4.78, 5) is 2.05. The minimum Gasteiger partial charge on any atom is -0.396 e. The van der Waals surface area contributed by atoms with Gasteiger partial charge in [0, 0.05) is 33.2 Å². The zero-order valence-electron chi connectivity index (χ0n) is 10.5. The Hall–Kier alpha value is -1.64. The molecule has 18 heavy (non-hydrogen) atoms. The highest BCUT2D eigenvalue weighted by Crippen LogP contribution is 2.13. The van der Waals surface area contributed by atoms with Gasteiger partial charge in [-0.25, -0.2) is 4.39 Å². The van der Waals surface area contributed by atoms with Crippen molar-refractivity contribution in [3.05, 3.63) is 29.6 Å². The number of halogens is 1. The van der Waals surface area contributed by atoms with Crippen LogP contribution in [-0.4, -0.2) is 31.7 Å². The van der Waals surface area contributed by atoms with E-state index < -0.39 is 5.82 Å². The highest BCUT2D eigenvalue weighted by Gasteiger charge is 2.07. The minimum atomic E-state index is -0.403. The molecule has 4 nitrogen and oxygen atoms in total. The molecular formula is C13H18FN3O. The molecule has 0 radical (unpaired) electrons. The van der Waals surface area contributed by atoms with Crippen LogP contribution in [-0.2, 0) is 11.3 Å². The Morgan fingerprint density at radius 2 is 2.22 bits per heavy atom. The van der Waals surface area contributed by atoms with Gasteiger partial charge in [-0.05, 0) is 17.7 Å². The van der Waals surface area contributed by atoms with Gasteiger partial charge in [0.1, 0.15) is 5.82 Å². The lowest BCUT2D eigenvalue weighted by Gasteiger charge is -2.20. The van der Waals surface area contributed by atoms with Crippen LogP contribution in [0.4, 0.5) is 10.1 Å². The summed E-state index contributed by atoms with van der Waals surface area (Å²) in [5.74, 6) is -0.403. The fourth-order valence-corrected chi connectivity index (χ4v) is 1.63. The largest absolute Gasteiger partial charge is 0.396 e. The Labute approximate surface area is 107 Å². The number of hydrogen-bond donors (Lipinski definition) is 1. The van der Waals surface area contributed by atoms with Crippen LogP contribution in [0.3, 0.4) is 0 Å². The van der Waals surface area contributed by atoms with Crippen molar-refractivity contribution in [1.29, 1.82) is 5.26 Å². The second-order valence-corrected chi connectivity index (χ2v) is 4.03. The van der Waals surface area contributed by atoms with Gasteiger partial charge in [0.05, 0.1) is 18.4 Å². The molecule has 1 aromatic carbocycles. The molecule has 5 heteroatoms. The smallest absolute Gasteiger partial charge is 0.146 e. The van der Waals surface area contributed by atoms with E-state index in [4.69, 9.17) is 15.7 Å². The number of nitrogens with zero attached hydrogens (tertiary/aromatic N) is 2. The van der Waals surface area contributed by atoms with Gasteiger partial charge >= 0.3 is 0 Å². The summed E-state index contributed by atoms with van der Waals surface area (Å²) in [7, 11) is 1.63. The highest BCUT2D eigenvalue weighted by atomic mass is 19.1. The number of hydrogen-bond acceptors (Lipinski definition) is 4. The number of rotatable bonds is 7. The van der Waals surface area contributed by atoms with Crippen molar-refractivity contribution >= 4 is 5.69 Å². The Morgan fingerprint density at radius 1 is 1.44 bits per heavy atom. The highest BCUT2D eigenvalue weighted by molar-refractivity contribution is 5.41. The number of benzene rings is 1. The third-order valence-corrected chi connectivity index (χ3v) is 2.62. The SMILES string of the molecule is COCCN(CCC#N)Cc1ccc(N)c(F)c1. The van der Waals surface area contributed by atoms with Crippen LogP contribution in [0, 0.1) is 17.1 Å². The third kappa shape index (κ3) is 4.70. The number of ether oxygens (including phenoxy) is 1. The van der Waals surface area contributed by atoms with Gasteiger partial charge in [0.2, 0.25) is 0 Å². The van der Waals surface area contributed by atoms with Crippen molar-refractivity contribution in [2.45, 2.75) is 13.0 Å². The lowest BCUT2D eigenvalue weighted by Crippen LogP contribution is -2.28. The topological polar surface area (TPSA) is 62.3 Å². The lowest BCUT2D eigenvalue weighted by atomic mass is 10.2. The summed E-state index contributed by atoms with van der Waals surface area (Å²) in [5.41, 5.74) is 6.42. The summed E-state index contributed by atoms with van der Waals surface area (Å²) < 4.78 is 18.3. The van der Waals surface area contributed by atoms with E-state index in [-0.39, 0.29) is 5.69 Å². The minimum absolute atomic E-state index is 0.152. The van der Waals surface area contributed by atoms with Crippen molar-refractivity contribution in [3.8, 4) is 6.07 Å². The summed E-state index contributed by atoms with van der Waals surface area (Å²) in [6.07, 6.45) is 0.446. The van der Waals surface area contributed by atoms with E-state index >= 15 is 0 Å². The monoisotopic (exact) mass is 251 g/mol. The van der Waals surface area contributed by atoms with E-state index in [1.54, 1.807) is 19.2 Å². The van der Waals surface area contributed by atoms with E-state index in [9.17, 15) is 4.39 Å². The number of anilines is 1. The average Bonchev–Trinajstić information content (AvgIpc) is 2.37. The molecule has 0 heterocycles. The number of nitrogen functional groups attached to an aromatic ring is 1. The van der Waals surface area contributed by atoms with Crippen molar-refractivity contribution in [2.24, 2.45) is 0 Å². The van der Waals surface area contributed by atoms with E-state index in [1.807, 2.05) is 0 Å². The maximum absolute atomic E-state index is 13.3. The van der Waals surface area contributed by atoms with Crippen molar-refractivity contribution in [1.82, 2.24) is 4.90 Å². The molecule has 0 atom stereocenters. The third-order valence-electron chi connectivity index (χ3n) is 2.62. The fourth-order valence-electron chi connectivity index (χ4n) is 1.63. The quantitative estimate of drug-likeness (QED) is 0.750. The van der Waals surface area contributed by atoms with Crippen LogP contribution >= 0.6 is 0 Å². The van der Waals surface area contributed by atoms with Crippen LogP contribution in [0.2, 0.25) is 0 Å². The summed E-state index contributed by atoms with van der Waals surface area (Å²) in [5, 5.41) is 8.60. The Bertz CT molecular complexity index is 417. The molecule has 0 aliphatic carbocycles. The summed E-state index contributed by atoms with van der Waals surface area (Å²) in [6, 6.07) is 6.89. The molecule has 1 aromatic rings. The molecule has 0 aliphatic rings. The van der Waals surface area contributed by atoms with E-state index in [0.29, 0.717) is 32.7 Å². The normalized spacial score (nSPS) is 10.6. The van der Waals surface area contributed by atoms with E-state index in [1.165, 1.54) is 6.07 Å². The molecule has 98 valence electrons. The van der Waals surface area contributed by atoms with Gasteiger partial charge in [-0.3, -0.25) is 4.90 Å². The number of methoxy groups -OCH3 is 1. The Morgan fingerprint density at radius 3 is 2.83 bits per heavy atom. The second-order valence-electron chi connectivity index (χ2n) is 4.03. The molecule has 0 amide bonds. The van der Waals surface area contributed by atoms with Gasteiger partial charge in [-0.2, -0.15) is 5.26 Å². The van der Waals surface area contributed by atoms with Gasteiger partial charge in [0.25, 0.3) is 0 Å². The first-order valence-corrected chi connectivity index (χ1v) is 5.79. The van der Waals surface area contributed by atoms with Crippen LogP contribution < -0.4 is 5.73 Å². The molecule has 0 saturated carbocycles. The molecule has 1 rings (SSSR count). The van der Waals surface area contributed by atoms with Crippen LogP contribution in [0.1, 0.15) is 12.0 Å². The predicted octanol–water partition coefficient (Wildman–Crippen LogP) is 1.77. The maximum Gasteiger partial charge on any atom is 0.146 e. The first-order chi connectivity index (χ1) is 8.67. The second kappa shape index (κ2) is 7.64. The zero-order chi connectivity index (χ0) is 13.4. The van der Waals surface area contributed by atoms with Crippen LogP contribution in [0.15, 0.2) is 18.2 Å². The van der Waals surface area contributed by atoms with Crippen molar-refractivity contribution < 1.29 is 9.13 Å².